The number of nitrogens with two attached hydrogens (primary N) is 1. The van der Waals surface area contributed by atoms with Gasteiger partial charge in [0.2, 0.25) is 0 Å². The van der Waals surface area contributed by atoms with E-state index >= 15 is 0 Å². The van der Waals surface area contributed by atoms with Gasteiger partial charge >= 0.3 is 0 Å². The molecule has 0 radical (unpaired) electrons. The zero-order valence-electron chi connectivity index (χ0n) is 12.4. The number of rotatable bonds is 3. The molecule has 3 heteroatoms. The van der Waals surface area contributed by atoms with Crippen molar-refractivity contribution in [2.24, 2.45) is 5.73 Å². The van der Waals surface area contributed by atoms with Crippen LogP contribution < -0.4 is 11.1 Å². The van der Waals surface area contributed by atoms with E-state index in [2.05, 4.69) is 5.32 Å². The monoisotopic (exact) mass is 290 g/mol. The van der Waals surface area contributed by atoms with E-state index < -0.39 is 0 Å². The van der Waals surface area contributed by atoms with E-state index in [1.54, 1.807) is 0 Å². The lowest BCUT2D eigenvalue weighted by atomic mass is 10.1. The summed E-state index contributed by atoms with van der Waals surface area (Å²) in [5.41, 5.74) is 8.27. The Hall–Kier alpha value is -2.65. The maximum absolute atomic E-state index is 12.4. The van der Waals surface area contributed by atoms with Crippen LogP contribution in [0.5, 0.6) is 0 Å². The van der Waals surface area contributed by atoms with E-state index in [0.717, 1.165) is 22.0 Å². The molecule has 22 heavy (non-hydrogen) atoms. The summed E-state index contributed by atoms with van der Waals surface area (Å²) in [5.74, 6) is -0.118. The van der Waals surface area contributed by atoms with Crippen LogP contribution in [0.4, 0.5) is 5.69 Å². The van der Waals surface area contributed by atoms with Gasteiger partial charge in [-0.15, -0.1) is 0 Å². The van der Waals surface area contributed by atoms with Crippen LogP contribution in [-0.4, -0.2) is 5.91 Å². The molecule has 0 aliphatic heterocycles. The normalized spacial score (nSPS) is 12.1. The van der Waals surface area contributed by atoms with Gasteiger partial charge in [-0.05, 0) is 47.5 Å². The van der Waals surface area contributed by atoms with E-state index in [0.29, 0.717) is 5.56 Å². The van der Waals surface area contributed by atoms with Gasteiger partial charge in [-0.1, -0.05) is 42.5 Å². The molecule has 0 aromatic heterocycles. The Kier molecular flexibility index (Phi) is 3.90. The lowest BCUT2D eigenvalue weighted by Gasteiger charge is -2.10. The van der Waals surface area contributed by atoms with E-state index in [9.17, 15) is 4.79 Å². The molecule has 3 nitrogen and oxygen atoms in total. The number of anilines is 1. The van der Waals surface area contributed by atoms with Crippen molar-refractivity contribution in [3.63, 3.8) is 0 Å². The van der Waals surface area contributed by atoms with E-state index in [4.69, 9.17) is 5.73 Å². The third kappa shape index (κ3) is 3.00. The summed E-state index contributed by atoms with van der Waals surface area (Å²) in [6.45, 7) is 1.92. The zero-order valence-corrected chi connectivity index (χ0v) is 12.4. The van der Waals surface area contributed by atoms with Crippen LogP contribution in [0.2, 0.25) is 0 Å². The van der Waals surface area contributed by atoms with Crippen molar-refractivity contribution in [3.8, 4) is 0 Å². The van der Waals surface area contributed by atoms with Crippen molar-refractivity contribution < 1.29 is 4.79 Å². The third-order valence-electron chi connectivity index (χ3n) is 3.68. The summed E-state index contributed by atoms with van der Waals surface area (Å²) in [6.07, 6.45) is 0. The molecule has 110 valence electrons. The molecule has 0 saturated heterocycles. The van der Waals surface area contributed by atoms with Crippen molar-refractivity contribution in [1.82, 2.24) is 0 Å². The van der Waals surface area contributed by atoms with Crippen molar-refractivity contribution in [3.05, 3.63) is 77.9 Å². The Labute approximate surface area is 129 Å². The fraction of sp³-hybridized carbons (Fsp3) is 0.105. The smallest absolute Gasteiger partial charge is 0.255 e. The van der Waals surface area contributed by atoms with Gasteiger partial charge in [-0.2, -0.15) is 0 Å². The highest BCUT2D eigenvalue weighted by atomic mass is 16.1. The van der Waals surface area contributed by atoms with E-state index in [1.165, 1.54) is 0 Å². The van der Waals surface area contributed by atoms with Crippen molar-refractivity contribution in [2.75, 3.05) is 5.32 Å². The molecule has 3 aromatic rings. The van der Waals surface area contributed by atoms with Crippen molar-refractivity contribution in [1.29, 1.82) is 0 Å². The van der Waals surface area contributed by atoms with Crippen LogP contribution in [0.25, 0.3) is 10.8 Å². The van der Waals surface area contributed by atoms with Crippen molar-refractivity contribution in [2.45, 2.75) is 13.0 Å². The van der Waals surface area contributed by atoms with Crippen LogP contribution in [0.1, 0.15) is 28.9 Å². The molecular weight excluding hydrogens is 272 g/mol. The maximum Gasteiger partial charge on any atom is 0.255 e. The Morgan fingerprint density at radius 1 is 0.955 bits per heavy atom. The van der Waals surface area contributed by atoms with Gasteiger partial charge in [0.1, 0.15) is 0 Å². The number of hydrogen-bond acceptors (Lipinski definition) is 2. The quantitative estimate of drug-likeness (QED) is 0.762. The van der Waals surface area contributed by atoms with Crippen LogP contribution >= 0.6 is 0 Å². The fourth-order valence-corrected chi connectivity index (χ4v) is 2.43. The first kappa shape index (κ1) is 14.3. The maximum atomic E-state index is 12.4. The molecule has 1 atom stereocenters. The SMILES string of the molecule is CC(N)c1cccc(NC(=O)c2ccc3ccccc3c2)c1. The van der Waals surface area contributed by atoms with Gasteiger partial charge in [0.05, 0.1) is 0 Å². The van der Waals surface area contributed by atoms with Gasteiger partial charge < -0.3 is 11.1 Å². The molecule has 0 fully saturated rings. The van der Waals surface area contributed by atoms with Crippen LogP contribution in [0.15, 0.2) is 66.7 Å². The number of hydrogen-bond donors (Lipinski definition) is 2. The summed E-state index contributed by atoms with van der Waals surface area (Å²) < 4.78 is 0. The molecule has 3 aromatic carbocycles. The molecular formula is C19H18N2O. The minimum Gasteiger partial charge on any atom is -0.324 e. The van der Waals surface area contributed by atoms with Crippen LogP contribution in [-0.2, 0) is 0 Å². The standard InChI is InChI=1S/C19H18N2O/c1-13(20)15-7-4-8-18(12-15)21-19(22)17-10-9-14-5-2-3-6-16(14)11-17/h2-13H,20H2,1H3,(H,21,22). The highest BCUT2D eigenvalue weighted by Gasteiger charge is 2.08. The number of nitrogens with one attached hydrogen (secondary N) is 1. The number of carbonyl (C=O) groups excluding carboxylic acids is 1. The largest absolute Gasteiger partial charge is 0.324 e. The highest BCUT2D eigenvalue weighted by molar-refractivity contribution is 6.06. The lowest BCUT2D eigenvalue weighted by molar-refractivity contribution is 0.102. The minimum atomic E-state index is -0.118. The number of amides is 1. The van der Waals surface area contributed by atoms with Gasteiger partial charge in [-0.25, -0.2) is 0 Å². The predicted octanol–water partition coefficient (Wildman–Crippen LogP) is 4.11. The third-order valence-corrected chi connectivity index (χ3v) is 3.68. The minimum absolute atomic E-state index is 0.0579. The topological polar surface area (TPSA) is 55.1 Å². The first-order valence-corrected chi connectivity index (χ1v) is 7.29. The summed E-state index contributed by atoms with van der Waals surface area (Å²) >= 11 is 0. The van der Waals surface area contributed by atoms with E-state index in [1.807, 2.05) is 73.7 Å². The summed E-state index contributed by atoms with van der Waals surface area (Å²) in [6, 6.07) is 21.3. The average Bonchev–Trinajstić information content (AvgIpc) is 2.54. The summed E-state index contributed by atoms with van der Waals surface area (Å²) in [4.78, 5) is 12.4. The molecule has 1 amide bonds. The van der Waals surface area contributed by atoms with Gasteiger partial charge in [0.25, 0.3) is 5.91 Å². The molecule has 0 heterocycles. The lowest BCUT2D eigenvalue weighted by Crippen LogP contribution is -2.12. The second-order valence-corrected chi connectivity index (χ2v) is 5.43. The molecule has 0 spiro atoms. The average molecular weight is 290 g/mol. The van der Waals surface area contributed by atoms with Gasteiger partial charge in [0.15, 0.2) is 0 Å². The first-order chi connectivity index (χ1) is 10.6. The molecule has 1 unspecified atom stereocenters. The summed E-state index contributed by atoms with van der Waals surface area (Å²) in [5, 5.41) is 5.10. The molecule has 3 rings (SSSR count). The molecule has 0 bridgehead atoms. The molecule has 0 saturated carbocycles. The first-order valence-electron chi connectivity index (χ1n) is 7.29. The second-order valence-electron chi connectivity index (χ2n) is 5.43. The van der Waals surface area contributed by atoms with Crippen molar-refractivity contribution >= 4 is 22.4 Å². The predicted molar refractivity (Wildman–Crippen MR) is 90.9 cm³/mol. The Bertz CT molecular complexity index is 824. The molecule has 0 aliphatic carbocycles. The summed E-state index contributed by atoms with van der Waals surface area (Å²) in [7, 11) is 0. The van der Waals surface area contributed by atoms with Gasteiger partial charge in [-0.3, -0.25) is 4.79 Å². The van der Waals surface area contributed by atoms with Crippen LogP contribution in [0, 0.1) is 0 Å². The van der Waals surface area contributed by atoms with Gasteiger partial charge in [0, 0.05) is 17.3 Å². The highest BCUT2D eigenvalue weighted by Crippen LogP contribution is 2.19. The second kappa shape index (κ2) is 6.00. The Morgan fingerprint density at radius 3 is 2.50 bits per heavy atom. The Balaban J connectivity index is 1.85. The molecule has 3 N–H and O–H groups in total. The number of fused-ring (bicyclic) bond motifs is 1. The van der Waals surface area contributed by atoms with Crippen LogP contribution in [0.3, 0.4) is 0 Å². The number of benzene rings is 3. The molecule has 0 aliphatic rings. The van der Waals surface area contributed by atoms with E-state index in [-0.39, 0.29) is 11.9 Å². The zero-order chi connectivity index (χ0) is 15.5. The Morgan fingerprint density at radius 2 is 1.73 bits per heavy atom. The number of carbonyl (C=O) groups is 1. The fourth-order valence-electron chi connectivity index (χ4n) is 2.43.